The third-order valence-electron chi connectivity index (χ3n) is 5.13. The first-order valence-electron chi connectivity index (χ1n) is 8.62. The monoisotopic (exact) mass is 385 g/mol. The van der Waals surface area contributed by atoms with Crippen molar-refractivity contribution in [3.63, 3.8) is 0 Å². The van der Waals surface area contributed by atoms with E-state index >= 15 is 0 Å². The van der Waals surface area contributed by atoms with Gasteiger partial charge >= 0.3 is 5.97 Å². The maximum absolute atomic E-state index is 12.4. The van der Waals surface area contributed by atoms with Crippen LogP contribution in [-0.4, -0.2) is 49.9 Å². The molecule has 0 spiro atoms. The van der Waals surface area contributed by atoms with E-state index in [2.05, 4.69) is 9.71 Å². The van der Waals surface area contributed by atoms with Crippen LogP contribution in [0.15, 0.2) is 63.9 Å². The SMILES string of the molecule is O=C(O)C1(c2ccccc2)CCN(CC2=NS(=O)(=O)c3ccccc3N2)C1. The molecule has 2 aliphatic rings. The molecule has 2 aromatic carbocycles. The Kier molecular flexibility index (Phi) is 4.24. The van der Waals surface area contributed by atoms with E-state index in [0.717, 1.165) is 5.56 Å². The van der Waals surface area contributed by atoms with E-state index in [1.54, 1.807) is 18.2 Å². The van der Waals surface area contributed by atoms with Gasteiger partial charge in [-0.25, -0.2) is 0 Å². The fourth-order valence-corrected chi connectivity index (χ4v) is 4.90. The second kappa shape index (κ2) is 6.47. The van der Waals surface area contributed by atoms with Crippen LogP contribution in [0.4, 0.5) is 5.69 Å². The van der Waals surface area contributed by atoms with Crippen LogP contribution in [0.1, 0.15) is 12.0 Å². The Morgan fingerprint density at radius 3 is 2.59 bits per heavy atom. The number of aliphatic carboxylic acids is 1. The number of anilines is 1. The molecule has 140 valence electrons. The molecule has 7 nitrogen and oxygen atoms in total. The number of rotatable bonds is 4. The summed E-state index contributed by atoms with van der Waals surface area (Å²) in [5, 5.41) is 12.9. The zero-order chi connectivity index (χ0) is 19.1. The van der Waals surface area contributed by atoms with E-state index < -0.39 is 21.4 Å². The number of benzene rings is 2. The topological polar surface area (TPSA) is 99.1 Å². The number of carbonyl (C=O) groups is 1. The third-order valence-corrected chi connectivity index (χ3v) is 6.50. The fourth-order valence-electron chi connectivity index (χ4n) is 3.76. The maximum atomic E-state index is 12.4. The number of hydrogen-bond acceptors (Lipinski definition) is 5. The first kappa shape index (κ1) is 17.7. The first-order valence-corrected chi connectivity index (χ1v) is 10.1. The third kappa shape index (κ3) is 3.11. The lowest BCUT2D eigenvalue weighted by Gasteiger charge is -2.26. The summed E-state index contributed by atoms with van der Waals surface area (Å²) in [6.07, 6.45) is 0.461. The predicted molar refractivity (Wildman–Crippen MR) is 101 cm³/mol. The molecule has 1 fully saturated rings. The Labute approximate surface area is 157 Å². The van der Waals surface area contributed by atoms with E-state index in [0.29, 0.717) is 31.0 Å². The highest BCUT2D eigenvalue weighted by molar-refractivity contribution is 7.90. The van der Waals surface area contributed by atoms with Crippen LogP contribution >= 0.6 is 0 Å². The summed E-state index contributed by atoms with van der Waals surface area (Å²) in [6.45, 7) is 1.09. The molecule has 0 aliphatic carbocycles. The smallest absolute Gasteiger partial charge is 0.315 e. The highest BCUT2D eigenvalue weighted by Crippen LogP contribution is 2.35. The molecular weight excluding hydrogens is 366 g/mol. The predicted octanol–water partition coefficient (Wildman–Crippen LogP) is 1.93. The summed E-state index contributed by atoms with van der Waals surface area (Å²) in [6, 6.07) is 15.8. The molecule has 1 unspecified atom stereocenters. The number of nitrogens with zero attached hydrogens (tertiary/aromatic N) is 2. The lowest BCUT2D eigenvalue weighted by atomic mass is 9.80. The minimum atomic E-state index is -3.75. The molecule has 8 heteroatoms. The van der Waals surface area contributed by atoms with Gasteiger partial charge in [0.1, 0.15) is 16.1 Å². The highest BCUT2D eigenvalue weighted by atomic mass is 32.2. The van der Waals surface area contributed by atoms with Gasteiger partial charge in [-0.05, 0) is 24.1 Å². The van der Waals surface area contributed by atoms with Gasteiger partial charge in [0.2, 0.25) is 0 Å². The second-order valence-electron chi connectivity index (χ2n) is 6.85. The lowest BCUT2D eigenvalue weighted by molar-refractivity contribution is -0.143. The van der Waals surface area contributed by atoms with Crippen LogP contribution in [0.5, 0.6) is 0 Å². The summed E-state index contributed by atoms with van der Waals surface area (Å²) < 4.78 is 28.6. The number of hydrogen-bond donors (Lipinski definition) is 2. The molecule has 2 aliphatic heterocycles. The van der Waals surface area contributed by atoms with Crippen molar-refractivity contribution in [2.75, 3.05) is 25.0 Å². The zero-order valence-corrected chi connectivity index (χ0v) is 15.3. The van der Waals surface area contributed by atoms with Crippen molar-refractivity contribution < 1.29 is 18.3 Å². The molecule has 1 atom stereocenters. The number of amidine groups is 1. The van der Waals surface area contributed by atoms with E-state index in [1.165, 1.54) is 6.07 Å². The number of likely N-dealkylation sites (tertiary alicyclic amines) is 1. The number of carboxylic acid groups (broad SMARTS) is 1. The van der Waals surface area contributed by atoms with Gasteiger partial charge in [-0.1, -0.05) is 42.5 Å². The van der Waals surface area contributed by atoms with Crippen LogP contribution in [0.2, 0.25) is 0 Å². The van der Waals surface area contributed by atoms with Gasteiger partial charge in [-0.15, -0.1) is 4.40 Å². The summed E-state index contributed by atoms with van der Waals surface area (Å²) in [7, 11) is -3.75. The van der Waals surface area contributed by atoms with Gasteiger partial charge in [0.15, 0.2) is 0 Å². The quantitative estimate of drug-likeness (QED) is 0.834. The Bertz CT molecular complexity index is 1020. The molecule has 0 radical (unpaired) electrons. The normalized spacial score (nSPS) is 23.9. The summed E-state index contributed by atoms with van der Waals surface area (Å²) in [5.41, 5.74) is 0.263. The average molecular weight is 385 g/mol. The number of fused-ring (bicyclic) bond motifs is 1. The minimum Gasteiger partial charge on any atom is -0.481 e. The summed E-state index contributed by atoms with van der Waals surface area (Å²) >= 11 is 0. The second-order valence-corrected chi connectivity index (χ2v) is 8.42. The van der Waals surface area contributed by atoms with Gasteiger partial charge in [0.25, 0.3) is 10.0 Å². The van der Waals surface area contributed by atoms with Crippen molar-refractivity contribution in [3.05, 3.63) is 60.2 Å². The molecular formula is C19H19N3O4S. The van der Waals surface area contributed by atoms with Crippen molar-refractivity contribution in [2.24, 2.45) is 4.40 Å². The van der Waals surface area contributed by atoms with Gasteiger partial charge < -0.3 is 10.4 Å². The first-order chi connectivity index (χ1) is 12.9. The highest BCUT2D eigenvalue weighted by Gasteiger charge is 2.46. The van der Waals surface area contributed by atoms with Gasteiger partial charge in [-0.3, -0.25) is 9.69 Å². The minimum absolute atomic E-state index is 0.152. The molecule has 2 heterocycles. The Balaban J connectivity index is 1.57. The maximum Gasteiger partial charge on any atom is 0.315 e. The number of para-hydroxylation sites is 1. The van der Waals surface area contributed by atoms with E-state index in [4.69, 9.17) is 0 Å². The van der Waals surface area contributed by atoms with Gasteiger partial charge in [0.05, 0.1) is 12.2 Å². The molecule has 4 rings (SSSR count). The van der Waals surface area contributed by atoms with Crippen LogP contribution in [0.3, 0.4) is 0 Å². The van der Waals surface area contributed by atoms with Crippen LogP contribution in [0, 0.1) is 0 Å². The average Bonchev–Trinajstić information content (AvgIpc) is 3.07. The number of sulfonamides is 1. The summed E-state index contributed by atoms with van der Waals surface area (Å²) in [4.78, 5) is 14.1. The van der Waals surface area contributed by atoms with E-state index in [9.17, 15) is 18.3 Å². The molecule has 2 aromatic rings. The van der Waals surface area contributed by atoms with Crippen molar-refractivity contribution in [1.29, 1.82) is 0 Å². The van der Waals surface area contributed by atoms with Crippen molar-refractivity contribution >= 4 is 27.5 Å². The van der Waals surface area contributed by atoms with Gasteiger partial charge in [-0.2, -0.15) is 8.42 Å². The van der Waals surface area contributed by atoms with Crippen LogP contribution in [0.25, 0.3) is 0 Å². The number of carboxylic acids is 1. The Morgan fingerprint density at radius 1 is 1.15 bits per heavy atom. The summed E-state index contributed by atoms with van der Waals surface area (Å²) in [5.74, 6) is -0.560. The molecule has 27 heavy (non-hydrogen) atoms. The number of nitrogens with one attached hydrogen (secondary N) is 1. The van der Waals surface area contributed by atoms with Crippen molar-refractivity contribution in [2.45, 2.75) is 16.7 Å². The Morgan fingerprint density at radius 2 is 1.85 bits per heavy atom. The van der Waals surface area contributed by atoms with Gasteiger partial charge in [0, 0.05) is 13.1 Å². The molecule has 0 amide bonds. The van der Waals surface area contributed by atoms with Crippen molar-refractivity contribution in [1.82, 2.24) is 4.90 Å². The molecule has 0 bridgehead atoms. The standard InChI is InChI=1S/C19H19N3O4S/c23-18(24)19(14-6-2-1-3-7-14)10-11-22(13-19)12-17-20-15-8-4-5-9-16(15)27(25,26)21-17/h1-9H,10-13H2,(H,20,21)(H,23,24). The van der Waals surface area contributed by atoms with E-state index in [1.807, 2.05) is 35.2 Å². The largest absolute Gasteiger partial charge is 0.481 e. The van der Waals surface area contributed by atoms with Crippen molar-refractivity contribution in [3.8, 4) is 0 Å². The lowest BCUT2D eigenvalue weighted by Crippen LogP contribution is -2.41. The molecule has 0 saturated carbocycles. The van der Waals surface area contributed by atoms with Crippen LogP contribution in [-0.2, 0) is 20.2 Å². The molecule has 0 aromatic heterocycles. The van der Waals surface area contributed by atoms with Crippen LogP contribution < -0.4 is 5.32 Å². The Hall–Kier alpha value is -2.71. The molecule has 1 saturated heterocycles. The van der Waals surface area contributed by atoms with E-state index in [-0.39, 0.29) is 11.4 Å². The zero-order valence-electron chi connectivity index (χ0n) is 14.5. The fraction of sp³-hybridized carbons (Fsp3) is 0.263. The molecule has 2 N–H and O–H groups in total.